The molecule has 0 radical (unpaired) electrons. The molecule has 3 atom stereocenters. The number of carbonyl (C=O) groups excluding carboxylic acids is 1. The highest BCUT2D eigenvalue weighted by Crippen LogP contribution is 2.58. The zero-order chi connectivity index (χ0) is 11.3. The Kier molecular flexibility index (Phi) is 1.89. The summed E-state index contributed by atoms with van der Waals surface area (Å²) in [5.41, 5.74) is 7.37. The molecule has 1 aliphatic heterocycles. The molecule has 1 aliphatic carbocycles. The maximum atomic E-state index is 11.6. The minimum Gasteiger partial charge on any atom is -0.334 e. The van der Waals surface area contributed by atoms with Gasteiger partial charge in [-0.2, -0.15) is 0 Å². The number of likely N-dealkylation sites (tertiary alicyclic amines) is 1. The molecule has 2 N–H and O–H groups in total. The van der Waals surface area contributed by atoms with Gasteiger partial charge in [0.1, 0.15) is 0 Å². The number of amides is 1. The number of hydrogen-bond donors (Lipinski definition) is 1. The van der Waals surface area contributed by atoms with Crippen LogP contribution in [0.1, 0.15) is 24.9 Å². The Morgan fingerprint density at radius 1 is 1.44 bits per heavy atom. The Morgan fingerprint density at radius 2 is 2.12 bits per heavy atom. The van der Waals surface area contributed by atoms with Crippen LogP contribution in [0.3, 0.4) is 0 Å². The lowest BCUT2D eigenvalue weighted by atomic mass is 9.98. The van der Waals surface area contributed by atoms with Gasteiger partial charge in [-0.1, -0.05) is 30.3 Å². The van der Waals surface area contributed by atoms with E-state index in [1.165, 1.54) is 5.56 Å². The summed E-state index contributed by atoms with van der Waals surface area (Å²) in [6.45, 7) is 2.45. The highest BCUT2D eigenvalue weighted by molar-refractivity contribution is 5.75. The fourth-order valence-electron chi connectivity index (χ4n) is 3.01. The standard InChI is InChI=1S/C13H16N2O/c1-9(16)15-8-11-7-13(11,14)12(15)10-5-3-2-4-6-10/h2-6,11-12H,7-8,14H2,1H3. The van der Waals surface area contributed by atoms with Crippen molar-refractivity contribution >= 4 is 5.91 Å². The van der Waals surface area contributed by atoms with Gasteiger partial charge in [0.2, 0.25) is 5.91 Å². The first-order valence-corrected chi connectivity index (χ1v) is 5.74. The molecular formula is C13H16N2O. The smallest absolute Gasteiger partial charge is 0.220 e. The Bertz CT molecular complexity index is 431. The maximum absolute atomic E-state index is 11.6. The van der Waals surface area contributed by atoms with Crippen molar-refractivity contribution in [2.75, 3.05) is 6.54 Å². The van der Waals surface area contributed by atoms with Crippen LogP contribution in [0.2, 0.25) is 0 Å². The molecule has 2 aliphatic rings. The van der Waals surface area contributed by atoms with Crippen molar-refractivity contribution in [1.82, 2.24) is 4.90 Å². The summed E-state index contributed by atoms with van der Waals surface area (Å²) in [7, 11) is 0. The number of fused-ring (bicyclic) bond motifs is 1. The van der Waals surface area contributed by atoms with Crippen LogP contribution in [0.25, 0.3) is 0 Å². The van der Waals surface area contributed by atoms with E-state index in [1.807, 2.05) is 23.1 Å². The number of piperidine rings is 1. The lowest BCUT2D eigenvalue weighted by Crippen LogP contribution is -2.39. The third kappa shape index (κ3) is 1.21. The average Bonchev–Trinajstić information content (AvgIpc) is 2.82. The average molecular weight is 216 g/mol. The van der Waals surface area contributed by atoms with Gasteiger partial charge in [-0.3, -0.25) is 4.79 Å². The first-order chi connectivity index (χ1) is 7.63. The van der Waals surface area contributed by atoms with E-state index in [1.54, 1.807) is 6.92 Å². The minimum atomic E-state index is -0.160. The number of nitrogens with zero attached hydrogens (tertiary/aromatic N) is 1. The highest BCUT2D eigenvalue weighted by Gasteiger charge is 2.64. The molecule has 0 aromatic heterocycles. The summed E-state index contributed by atoms with van der Waals surface area (Å²) in [4.78, 5) is 13.5. The fraction of sp³-hybridized carbons (Fsp3) is 0.462. The second kappa shape index (κ2) is 3.08. The van der Waals surface area contributed by atoms with Crippen LogP contribution in [-0.2, 0) is 4.79 Å². The second-order valence-corrected chi connectivity index (χ2v) is 5.00. The van der Waals surface area contributed by atoms with Gasteiger partial charge in [-0.15, -0.1) is 0 Å². The molecule has 3 rings (SSSR count). The normalized spacial score (nSPS) is 36.0. The number of carbonyl (C=O) groups is 1. The van der Waals surface area contributed by atoms with Gasteiger partial charge in [0, 0.05) is 19.0 Å². The Balaban J connectivity index is 2.00. The van der Waals surface area contributed by atoms with Gasteiger partial charge in [-0.05, 0) is 17.9 Å². The van der Waals surface area contributed by atoms with Crippen LogP contribution in [0, 0.1) is 5.92 Å². The largest absolute Gasteiger partial charge is 0.334 e. The van der Waals surface area contributed by atoms with Crippen molar-refractivity contribution in [1.29, 1.82) is 0 Å². The van der Waals surface area contributed by atoms with Crippen LogP contribution in [0.5, 0.6) is 0 Å². The van der Waals surface area contributed by atoms with E-state index in [0.717, 1.165) is 13.0 Å². The molecule has 0 spiro atoms. The zero-order valence-electron chi connectivity index (χ0n) is 9.39. The van der Waals surface area contributed by atoms with Crippen LogP contribution in [0.15, 0.2) is 30.3 Å². The van der Waals surface area contributed by atoms with Gasteiger partial charge in [0.25, 0.3) is 0 Å². The monoisotopic (exact) mass is 216 g/mol. The fourth-order valence-corrected chi connectivity index (χ4v) is 3.01. The number of benzene rings is 1. The zero-order valence-corrected chi connectivity index (χ0v) is 9.39. The molecule has 1 amide bonds. The SMILES string of the molecule is CC(=O)N1CC2CC2(N)C1c1ccccc1. The highest BCUT2D eigenvalue weighted by atomic mass is 16.2. The van der Waals surface area contributed by atoms with Crippen molar-refractivity contribution < 1.29 is 4.79 Å². The van der Waals surface area contributed by atoms with Crippen molar-refractivity contribution in [3.8, 4) is 0 Å². The first kappa shape index (κ1) is 9.85. The molecule has 3 nitrogen and oxygen atoms in total. The molecule has 1 saturated heterocycles. The van der Waals surface area contributed by atoms with E-state index in [0.29, 0.717) is 5.92 Å². The Labute approximate surface area is 95.2 Å². The summed E-state index contributed by atoms with van der Waals surface area (Å²) < 4.78 is 0. The molecule has 1 aromatic carbocycles. The molecule has 84 valence electrons. The van der Waals surface area contributed by atoms with Crippen LogP contribution in [0.4, 0.5) is 0 Å². The van der Waals surface area contributed by atoms with E-state index < -0.39 is 0 Å². The molecule has 3 unspecified atom stereocenters. The number of nitrogens with two attached hydrogens (primary N) is 1. The van der Waals surface area contributed by atoms with Gasteiger partial charge in [-0.25, -0.2) is 0 Å². The van der Waals surface area contributed by atoms with Crippen molar-refractivity contribution in [2.45, 2.75) is 24.9 Å². The summed E-state index contributed by atoms with van der Waals surface area (Å²) in [5, 5.41) is 0. The summed E-state index contributed by atoms with van der Waals surface area (Å²) in [5.74, 6) is 0.632. The van der Waals surface area contributed by atoms with E-state index >= 15 is 0 Å². The summed E-state index contributed by atoms with van der Waals surface area (Å²) >= 11 is 0. The van der Waals surface area contributed by atoms with E-state index in [4.69, 9.17) is 5.73 Å². The van der Waals surface area contributed by atoms with Gasteiger partial charge >= 0.3 is 0 Å². The second-order valence-electron chi connectivity index (χ2n) is 5.00. The van der Waals surface area contributed by atoms with Crippen LogP contribution >= 0.6 is 0 Å². The number of rotatable bonds is 1. The van der Waals surface area contributed by atoms with E-state index in [-0.39, 0.29) is 17.5 Å². The lowest BCUT2D eigenvalue weighted by Gasteiger charge is -2.30. The Hall–Kier alpha value is -1.35. The van der Waals surface area contributed by atoms with Crippen LogP contribution < -0.4 is 5.73 Å². The first-order valence-electron chi connectivity index (χ1n) is 5.74. The predicted octanol–water partition coefficient (Wildman–Crippen LogP) is 1.31. The maximum Gasteiger partial charge on any atom is 0.220 e. The quantitative estimate of drug-likeness (QED) is 0.769. The molecule has 1 heterocycles. The molecule has 3 heteroatoms. The third-order valence-corrected chi connectivity index (χ3v) is 3.96. The summed E-state index contributed by atoms with van der Waals surface area (Å²) in [6.07, 6.45) is 1.05. The number of hydrogen-bond acceptors (Lipinski definition) is 2. The third-order valence-electron chi connectivity index (χ3n) is 3.96. The topological polar surface area (TPSA) is 46.3 Å². The summed E-state index contributed by atoms with van der Waals surface area (Å²) in [6, 6.07) is 10.2. The van der Waals surface area contributed by atoms with Crippen molar-refractivity contribution in [3.63, 3.8) is 0 Å². The minimum absolute atomic E-state index is 0.0798. The lowest BCUT2D eigenvalue weighted by molar-refractivity contribution is -0.130. The molecule has 2 fully saturated rings. The van der Waals surface area contributed by atoms with Gasteiger partial charge in [0.15, 0.2) is 0 Å². The molecule has 0 bridgehead atoms. The Morgan fingerprint density at radius 3 is 2.75 bits per heavy atom. The van der Waals surface area contributed by atoms with Crippen molar-refractivity contribution in [3.05, 3.63) is 35.9 Å². The van der Waals surface area contributed by atoms with Crippen molar-refractivity contribution in [2.24, 2.45) is 11.7 Å². The molecule has 1 saturated carbocycles. The predicted molar refractivity (Wildman–Crippen MR) is 61.6 cm³/mol. The van der Waals surface area contributed by atoms with Gasteiger partial charge in [0.05, 0.1) is 6.04 Å². The molecule has 1 aromatic rings. The molecular weight excluding hydrogens is 200 g/mol. The van der Waals surface area contributed by atoms with Crippen LogP contribution in [-0.4, -0.2) is 22.9 Å². The van der Waals surface area contributed by atoms with E-state index in [9.17, 15) is 4.79 Å². The van der Waals surface area contributed by atoms with E-state index in [2.05, 4.69) is 12.1 Å². The molecule has 16 heavy (non-hydrogen) atoms. The van der Waals surface area contributed by atoms with Gasteiger partial charge < -0.3 is 10.6 Å².